The van der Waals surface area contributed by atoms with E-state index in [1.165, 1.54) is 10.5 Å². The number of nitrogens with two attached hydrogens (primary N) is 1. The lowest BCUT2D eigenvalue weighted by molar-refractivity contribution is -0.125. The molecule has 0 bridgehead atoms. The Kier molecular flexibility index (Phi) is 6.56. The van der Waals surface area contributed by atoms with Crippen molar-refractivity contribution in [2.45, 2.75) is 36.2 Å². The van der Waals surface area contributed by atoms with Gasteiger partial charge in [0, 0.05) is 23.9 Å². The van der Waals surface area contributed by atoms with E-state index in [4.69, 9.17) is 10.5 Å². The zero-order chi connectivity index (χ0) is 14.7. The molecule has 0 spiro atoms. The average Bonchev–Trinajstić information content (AvgIpc) is 2.55. The summed E-state index contributed by atoms with van der Waals surface area (Å²) in [6.07, 6.45) is 2.73. The molecule has 22 heavy (non-hydrogen) atoms. The molecule has 1 amide bonds. The average molecular weight is 343 g/mol. The Hall–Kier alpha value is -0.750. The smallest absolute Gasteiger partial charge is 0.237 e. The van der Waals surface area contributed by atoms with E-state index in [1.807, 2.05) is 23.9 Å². The fourth-order valence-electron chi connectivity index (χ4n) is 3.05. The summed E-state index contributed by atoms with van der Waals surface area (Å²) < 4.78 is 5.34. The van der Waals surface area contributed by atoms with Crippen LogP contribution in [0.1, 0.15) is 30.9 Å². The van der Waals surface area contributed by atoms with Crippen LogP contribution >= 0.6 is 24.2 Å². The Morgan fingerprint density at radius 2 is 2.00 bits per heavy atom. The minimum atomic E-state index is -0.421. The van der Waals surface area contributed by atoms with Gasteiger partial charge in [0.2, 0.25) is 5.91 Å². The molecule has 0 aliphatic carbocycles. The van der Waals surface area contributed by atoms with Gasteiger partial charge < -0.3 is 15.8 Å². The Balaban J connectivity index is 0.00000176. The number of carbonyl (C=O) groups is 1. The topological polar surface area (TPSA) is 64.4 Å². The molecule has 0 radical (unpaired) electrons. The van der Waals surface area contributed by atoms with E-state index < -0.39 is 6.04 Å². The maximum absolute atomic E-state index is 12.4. The number of carbonyl (C=O) groups excluding carboxylic acids is 1. The van der Waals surface area contributed by atoms with Gasteiger partial charge in [-0.2, -0.15) is 0 Å². The third-order valence-corrected chi connectivity index (χ3v) is 5.47. The van der Waals surface area contributed by atoms with Gasteiger partial charge in [-0.3, -0.25) is 4.79 Å². The molecule has 2 heterocycles. The molecule has 0 saturated carbocycles. The van der Waals surface area contributed by atoms with Gasteiger partial charge in [0.15, 0.2) is 0 Å². The monoisotopic (exact) mass is 342 g/mol. The summed E-state index contributed by atoms with van der Waals surface area (Å²) in [5.41, 5.74) is 7.38. The maximum Gasteiger partial charge on any atom is 0.237 e. The molecule has 4 nitrogen and oxygen atoms in total. The van der Waals surface area contributed by atoms with Crippen LogP contribution in [0.15, 0.2) is 29.2 Å². The van der Waals surface area contributed by atoms with E-state index in [9.17, 15) is 4.79 Å². The summed E-state index contributed by atoms with van der Waals surface area (Å²) >= 11 is 1.86. The highest BCUT2D eigenvalue weighted by molar-refractivity contribution is 7.99. The molecule has 6 heteroatoms. The van der Waals surface area contributed by atoms with Gasteiger partial charge in [-0.25, -0.2) is 0 Å². The molecular weight excluding hydrogens is 320 g/mol. The van der Waals surface area contributed by atoms with Crippen LogP contribution in [0.4, 0.5) is 0 Å². The number of rotatable bonds is 3. The Bertz CT molecular complexity index is 509. The molecule has 2 aliphatic rings. The number of hydrogen-bond donors (Lipinski definition) is 2. The van der Waals surface area contributed by atoms with E-state index in [0.717, 1.165) is 25.0 Å². The molecule has 0 aromatic heterocycles. The number of thioether (sulfide) groups is 1. The van der Waals surface area contributed by atoms with Gasteiger partial charge >= 0.3 is 0 Å². The molecular formula is C16H23ClN2O2S. The first-order valence-electron chi connectivity index (χ1n) is 7.61. The van der Waals surface area contributed by atoms with Crippen LogP contribution in [0.3, 0.4) is 0 Å². The van der Waals surface area contributed by atoms with Gasteiger partial charge in [0.05, 0.1) is 12.1 Å². The number of benzene rings is 1. The maximum atomic E-state index is 12.4. The van der Waals surface area contributed by atoms with Gasteiger partial charge in [-0.1, -0.05) is 18.2 Å². The molecule has 2 atom stereocenters. The summed E-state index contributed by atoms with van der Waals surface area (Å²) in [7, 11) is 0. The van der Waals surface area contributed by atoms with Crippen LogP contribution in [0.25, 0.3) is 0 Å². The number of nitrogens with one attached hydrogen (secondary N) is 1. The summed E-state index contributed by atoms with van der Waals surface area (Å²) in [6, 6.07) is 7.98. The van der Waals surface area contributed by atoms with Crippen LogP contribution in [0, 0.1) is 5.92 Å². The standard InChI is InChI=1S/C16H22N2O2S.ClH/c17-15(11-5-8-20-9-6-11)16(19)18-13-7-10-21-14-4-2-1-3-12(13)14;/h1-4,11,13,15H,5-10,17H2,(H,18,19);1H. The number of hydrogen-bond acceptors (Lipinski definition) is 4. The summed E-state index contributed by atoms with van der Waals surface area (Å²) in [5.74, 6) is 1.26. The summed E-state index contributed by atoms with van der Waals surface area (Å²) in [4.78, 5) is 13.7. The van der Waals surface area contributed by atoms with Crippen molar-refractivity contribution in [2.24, 2.45) is 11.7 Å². The fraction of sp³-hybridized carbons (Fsp3) is 0.562. The molecule has 1 aromatic rings. The van der Waals surface area contributed by atoms with Gasteiger partial charge in [0.1, 0.15) is 0 Å². The van der Waals surface area contributed by atoms with Crippen LogP contribution in [0.2, 0.25) is 0 Å². The molecule has 3 N–H and O–H groups in total. The van der Waals surface area contributed by atoms with Crippen molar-refractivity contribution in [3.63, 3.8) is 0 Å². The van der Waals surface area contributed by atoms with Crippen LogP contribution < -0.4 is 11.1 Å². The number of halogens is 1. The normalized spacial score (nSPS) is 23.0. The second-order valence-corrected chi connectivity index (χ2v) is 6.85. The van der Waals surface area contributed by atoms with E-state index in [-0.39, 0.29) is 30.3 Å². The second kappa shape index (κ2) is 8.20. The first-order valence-corrected chi connectivity index (χ1v) is 8.59. The zero-order valence-corrected chi connectivity index (χ0v) is 14.1. The minimum Gasteiger partial charge on any atom is -0.381 e. The van der Waals surface area contributed by atoms with Crippen LogP contribution in [-0.4, -0.2) is 30.9 Å². The Morgan fingerprint density at radius 1 is 1.27 bits per heavy atom. The molecule has 2 unspecified atom stereocenters. The third-order valence-electron chi connectivity index (χ3n) is 4.35. The van der Waals surface area contributed by atoms with Crippen molar-refractivity contribution >= 4 is 30.1 Å². The van der Waals surface area contributed by atoms with Crippen molar-refractivity contribution < 1.29 is 9.53 Å². The first-order chi connectivity index (χ1) is 10.3. The van der Waals surface area contributed by atoms with Crippen molar-refractivity contribution in [1.29, 1.82) is 0 Å². The van der Waals surface area contributed by atoms with Gasteiger partial charge in [-0.15, -0.1) is 24.2 Å². The number of amides is 1. The fourth-order valence-corrected chi connectivity index (χ4v) is 4.17. The molecule has 1 fully saturated rings. The van der Waals surface area contributed by atoms with Crippen LogP contribution in [-0.2, 0) is 9.53 Å². The van der Waals surface area contributed by atoms with Crippen molar-refractivity contribution in [1.82, 2.24) is 5.32 Å². The lowest BCUT2D eigenvalue weighted by Gasteiger charge is -2.30. The first kappa shape index (κ1) is 17.6. The lowest BCUT2D eigenvalue weighted by Crippen LogP contribution is -2.48. The summed E-state index contributed by atoms with van der Waals surface area (Å²) in [6.45, 7) is 1.43. The minimum absolute atomic E-state index is 0. The van der Waals surface area contributed by atoms with Crippen LogP contribution in [0.5, 0.6) is 0 Å². The quantitative estimate of drug-likeness (QED) is 0.886. The highest BCUT2D eigenvalue weighted by Crippen LogP contribution is 2.35. The Labute approximate surface area is 142 Å². The number of fused-ring (bicyclic) bond motifs is 1. The predicted octanol–water partition coefficient (Wildman–Crippen LogP) is 2.52. The van der Waals surface area contributed by atoms with E-state index in [1.54, 1.807) is 0 Å². The number of ether oxygens (including phenoxy) is 1. The third kappa shape index (κ3) is 3.96. The van der Waals surface area contributed by atoms with Gasteiger partial charge in [0.25, 0.3) is 0 Å². The van der Waals surface area contributed by atoms with E-state index in [2.05, 4.69) is 17.4 Å². The molecule has 122 valence electrons. The van der Waals surface area contributed by atoms with E-state index >= 15 is 0 Å². The highest BCUT2D eigenvalue weighted by atomic mass is 35.5. The molecule has 1 saturated heterocycles. The summed E-state index contributed by atoms with van der Waals surface area (Å²) in [5, 5.41) is 3.15. The van der Waals surface area contributed by atoms with Crippen molar-refractivity contribution in [3.8, 4) is 0 Å². The highest BCUT2D eigenvalue weighted by Gasteiger charge is 2.29. The SMILES string of the molecule is Cl.NC(C(=O)NC1CCSc2ccccc21)C1CCOCC1. The molecule has 1 aromatic carbocycles. The van der Waals surface area contributed by atoms with Crippen molar-refractivity contribution in [2.75, 3.05) is 19.0 Å². The molecule has 2 aliphatic heterocycles. The second-order valence-electron chi connectivity index (χ2n) is 5.71. The Morgan fingerprint density at radius 3 is 2.77 bits per heavy atom. The largest absolute Gasteiger partial charge is 0.381 e. The van der Waals surface area contributed by atoms with E-state index in [0.29, 0.717) is 13.2 Å². The predicted molar refractivity (Wildman–Crippen MR) is 91.4 cm³/mol. The molecule has 3 rings (SSSR count). The van der Waals surface area contributed by atoms with Crippen molar-refractivity contribution in [3.05, 3.63) is 29.8 Å². The lowest BCUT2D eigenvalue weighted by atomic mass is 9.91. The zero-order valence-electron chi connectivity index (χ0n) is 12.5. The van der Waals surface area contributed by atoms with Gasteiger partial charge in [-0.05, 0) is 36.8 Å².